The van der Waals surface area contributed by atoms with Crippen molar-refractivity contribution in [2.24, 2.45) is 0 Å². The average molecular weight is 495 g/mol. The van der Waals surface area contributed by atoms with Gasteiger partial charge in [0.05, 0.1) is 27.7 Å². The summed E-state index contributed by atoms with van der Waals surface area (Å²) in [5, 5.41) is 9.06. The van der Waals surface area contributed by atoms with Gasteiger partial charge < -0.3 is 41.9 Å². The lowest BCUT2D eigenvalue weighted by Crippen LogP contribution is -2.51. The van der Waals surface area contributed by atoms with Crippen LogP contribution in [0.5, 0.6) is 5.88 Å². The maximum absolute atomic E-state index is 14.6. The van der Waals surface area contributed by atoms with Crippen LogP contribution in [-0.2, 0) is 0 Å². The number of anilines is 2. The Morgan fingerprint density at radius 2 is 1.82 bits per heavy atom. The molecule has 1 aromatic carbocycles. The zero-order valence-electron chi connectivity index (χ0n) is 16.4. The molecule has 3 heterocycles. The largest absolute Gasteiger partial charge is 0.412 e. The number of nitrogen functional groups attached to an aromatic ring is 1. The van der Waals surface area contributed by atoms with Gasteiger partial charge in [0.2, 0.25) is 5.43 Å². The van der Waals surface area contributed by atoms with Gasteiger partial charge in [-0.1, -0.05) is 11.6 Å². The lowest BCUT2D eigenvalue weighted by Gasteiger charge is -2.38. The van der Waals surface area contributed by atoms with Gasteiger partial charge >= 0.3 is 5.97 Å². The summed E-state index contributed by atoms with van der Waals surface area (Å²) in [5.74, 6) is -6.22. The SMILES string of the molecule is Nc1nc(OC(=O)c2c[nH]c3c(Cl)c(N4CC(O)C4)c(F)cc3c2=O)c(F)cc1F.O.O.O. The summed E-state index contributed by atoms with van der Waals surface area (Å²) in [5.41, 5.74) is 3.77. The molecule has 2 aromatic heterocycles. The molecule has 1 aliphatic heterocycles. The quantitative estimate of drug-likeness (QED) is 0.405. The first-order valence-electron chi connectivity index (χ1n) is 8.47. The van der Waals surface area contributed by atoms with Crippen molar-refractivity contribution >= 4 is 40.0 Å². The molecule has 15 heteroatoms. The van der Waals surface area contributed by atoms with Crippen LogP contribution >= 0.6 is 11.6 Å². The second kappa shape index (κ2) is 10.0. The van der Waals surface area contributed by atoms with Crippen LogP contribution in [0.25, 0.3) is 10.9 Å². The number of esters is 1. The van der Waals surface area contributed by atoms with Crippen LogP contribution in [-0.4, -0.2) is 56.7 Å². The van der Waals surface area contributed by atoms with Crippen LogP contribution in [0, 0.1) is 17.5 Å². The average Bonchev–Trinajstić information content (AvgIpc) is 2.65. The van der Waals surface area contributed by atoms with Crippen LogP contribution in [0.2, 0.25) is 5.02 Å². The molecule has 0 saturated carbocycles. The Balaban J connectivity index is 0.00000181. The van der Waals surface area contributed by atoms with Crippen molar-refractivity contribution in [1.29, 1.82) is 0 Å². The number of carbonyl (C=O) groups is 1. The molecule has 0 unspecified atom stereocenters. The Morgan fingerprint density at radius 3 is 2.42 bits per heavy atom. The first-order chi connectivity index (χ1) is 14.2. The lowest BCUT2D eigenvalue weighted by molar-refractivity contribution is 0.0718. The fourth-order valence-electron chi connectivity index (χ4n) is 3.04. The van der Waals surface area contributed by atoms with Gasteiger partial charge in [-0.25, -0.2) is 18.0 Å². The molecule has 3 aromatic rings. The molecule has 10 N–H and O–H groups in total. The summed E-state index contributed by atoms with van der Waals surface area (Å²) in [6.45, 7) is 0.353. The minimum Gasteiger partial charge on any atom is -0.412 e. The van der Waals surface area contributed by atoms with E-state index < -0.39 is 52.2 Å². The molecule has 1 saturated heterocycles. The number of benzene rings is 1. The molecular formula is C18H18ClF3N4O7. The van der Waals surface area contributed by atoms with Crippen molar-refractivity contribution in [3.05, 3.63) is 56.6 Å². The van der Waals surface area contributed by atoms with Gasteiger partial charge in [0.15, 0.2) is 17.5 Å². The third-order valence-electron chi connectivity index (χ3n) is 4.56. The molecule has 180 valence electrons. The molecule has 0 amide bonds. The van der Waals surface area contributed by atoms with Crippen LogP contribution < -0.4 is 20.8 Å². The Bertz CT molecular complexity index is 1270. The number of carbonyl (C=O) groups excluding carboxylic acids is 1. The van der Waals surface area contributed by atoms with Gasteiger partial charge in [0.25, 0.3) is 5.88 Å². The van der Waals surface area contributed by atoms with Gasteiger partial charge in [0, 0.05) is 25.4 Å². The number of pyridine rings is 2. The number of fused-ring (bicyclic) bond motifs is 1. The molecule has 0 atom stereocenters. The Kier molecular flexibility index (Phi) is 8.38. The summed E-state index contributed by atoms with van der Waals surface area (Å²) >= 11 is 6.23. The number of nitrogens with zero attached hydrogens (tertiary/aromatic N) is 2. The van der Waals surface area contributed by atoms with E-state index in [1.807, 2.05) is 0 Å². The minimum atomic E-state index is -1.32. The minimum absolute atomic E-state index is 0. The van der Waals surface area contributed by atoms with Gasteiger partial charge in [-0.3, -0.25) is 4.79 Å². The van der Waals surface area contributed by atoms with E-state index in [0.717, 1.165) is 12.3 Å². The van der Waals surface area contributed by atoms with Gasteiger partial charge in [-0.15, -0.1) is 0 Å². The molecule has 1 aliphatic rings. The van der Waals surface area contributed by atoms with E-state index in [9.17, 15) is 27.9 Å². The van der Waals surface area contributed by atoms with Crippen molar-refractivity contribution in [2.75, 3.05) is 23.7 Å². The van der Waals surface area contributed by atoms with Crippen LogP contribution in [0.3, 0.4) is 0 Å². The monoisotopic (exact) mass is 494 g/mol. The van der Waals surface area contributed by atoms with Crippen LogP contribution in [0.4, 0.5) is 24.7 Å². The zero-order chi connectivity index (χ0) is 21.7. The number of halogens is 4. The summed E-state index contributed by atoms with van der Waals surface area (Å²) in [7, 11) is 0. The topological polar surface area (TPSA) is 216 Å². The van der Waals surface area contributed by atoms with Gasteiger partial charge in [-0.05, 0) is 6.07 Å². The smallest absolute Gasteiger partial charge is 0.350 e. The normalized spacial score (nSPS) is 12.8. The highest BCUT2D eigenvalue weighted by Gasteiger charge is 2.30. The van der Waals surface area contributed by atoms with E-state index >= 15 is 0 Å². The van der Waals surface area contributed by atoms with E-state index in [4.69, 9.17) is 22.1 Å². The number of ether oxygens (including phenoxy) is 1. The number of β-amino-alcohol motifs (C(OH)–C–C–N with tert-alkyl or cyclic N) is 1. The highest BCUT2D eigenvalue weighted by atomic mass is 35.5. The van der Waals surface area contributed by atoms with Crippen LogP contribution in [0.1, 0.15) is 10.4 Å². The van der Waals surface area contributed by atoms with Crippen molar-refractivity contribution < 1.29 is 44.2 Å². The maximum Gasteiger partial charge on any atom is 0.350 e. The fraction of sp³-hybridized carbons (Fsp3) is 0.167. The lowest BCUT2D eigenvalue weighted by atomic mass is 10.1. The number of nitrogens with one attached hydrogen (secondary N) is 1. The standard InChI is InChI=1S/C18H12ClF3N4O4.3H2O/c19-12-13-7(1-9(20)14(12)26-4-6(27)5-26)15(28)8(3-24-13)18(29)30-17-11(22)2-10(21)16(23)25-17;;;/h1-3,6,27H,4-5H2,(H2,23,25)(H,24,28);3*1H2. The number of aromatic amines is 1. The van der Waals surface area contributed by atoms with Crippen molar-refractivity contribution in [3.8, 4) is 5.88 Å². The highest BCUT2D eigenvalue weighted by Crippen LogP contribution is 2.36. The number of aliphatic hydroxyl groups is 1. The molecule has 11 nitrogen and oxygen atoms in total. The van der Waals surface area contributed by atoms with E-state index in [-0.39, 0.29) is 51.1 Å². The maximum atomic E-state index is 14.6. The Hall–Kier alpha value is -3.43. The molecule has 0 radical (unpaired) electrons. The summed E-state index contributed by atoms with van der Waals surface area (Å²) in [6, 6.07) is 1.27. The molecule has 1 fully saturated rings. The molecule has 0 bridgehead atoms. The number of H-pyrrole nitrogens is 1. The van der Waals surface area contributed by atoms with Crippen molar-refractivity contribution in [2.45, 2.75) is 6.10 Å². The van der Waals surface area contributed by atoms with Crippen LogP contribution in [0.15, 0.2) is 23.1 Å². The summed E-state index contributed by atoms with van der Waals surface area (Å²) in [6.07, 6.45) is 0.359. The predicted molar refractivity (Wildman–Crippen MR) is 112 cm³/mol. The van der Waals surface area contributed by atoms with E-state index in [1.165, 1.54) is 4.90 Å². The predicted octanol–water partition coefficient (Wildman–Crippen LogP) is -0.498. The third-order valence-corrected chi connectivity index (χ3v) is 4.92. The molecule has 33 heavy (non-hydrogen) atoms. The second-order valence-electron chi connectivity index (χ2n) is 6.57. The van der Waals surface area contributed by atoms with Gasteiger partial charge in [-0.2, -0.15) is 4.98 Å². The number of aromatic nitrogens is 2. The molecule has 0 spiro atoms. The third kappa shape index (κ3) is 4.69. The molecular weight excluding hydrogens is 477 g/mol. The number of hydrogen-bond donors (Lipinski definition) is 3. The Labute approximate surface area is 187 Å². The fourth-order valence-corrected chi connectivity index (χ4v) is 3.41. The Morgan fingerprint density at radius 1 is 1.18 bits per heavy atom. The highest BCUT2D eigenvalue weighted by molar-refractivity contribution is 6.38. The summed E-state index contributed by atoms with van der Waals surface area (Å²) < 4.78 is 46.2. The van der Waals surface area contributed by atoms with E-state index in [2.05, 4.69) is 9.97 Å². The summed E-state index contributed by atoms with van der Waals surface area (Å²) in [4.78, 5) is 32.4. The first kappa shape index (κ1) is 27.6. The number of nitrogens with two attached hydrogens (primary N) is 1. The number of hydrogen-bond acceptors (Lipinski definition) is 7. The van der Waals surface area contributed by atoms with Crippen molar-refractivity contribution in [3.63, 3.8) is 0 Å². The van der Waals surface area contributed by atoms with E-state index in [0.29, 0.717) is 6.07 Å². The first-order valence-corrected chi connectivity index (χ1v) is 8.85. The van der Waals surface area contributed by atoms with Crippen molar-refractivity contribution in [1.82, 2.24) is 9.97 Å². The van der Waals surface area contributed by atoms with Gasteiger partial charge in [0.1, 0.15) is 11.4 Å². The van der Waals surface area contributed by atoms with E-state index in [1.54, 1.807) is 0 Å². The molecule has 0 aliphatic carbocycles. The second-order valence-corrected chi connectivity index (χ2v) is 6.94. The zero-order valence-corrected chi connectivity index (χ0v) is 17.1. The number of rotatable bonds is 3. The number of aliphatic hydroxyl groups excluding tert-OH is 1. The molecule has 4 rings (SSSR count).